The van der Waals surface area contributed by atoms with Crippen molar-refractivity contribution >= 4 is 11.3 Å². The number of nitrogens with one attached hydrogen (secondary N) is 1. The van der Waals surface area contributed by atoms with Gasteiger partial charge in [0, 0.05) is 23.3 Å². The summed E-state index contributed by atoms with van der Waals surface area (Å²) in [6, 6.07) is 0.532. The molecule has 1 aliphatic carbocycles. The van der Waals surface area contributed by atoms with E-state index in [9.17, 15) is 0 Å². The van der Waals surface area contributed by atoms with Crippen LogP contribution in [0.25, 0.3) is 0 Å². The molecule has 1 N–H and O–H groups in total. The van der Waals surface area contributed by atoms with E-state index in [0.29, 0.717) is 6.04 Å². The molecular formula is C15H21N3S. The van der Waals surface area contributed by atoms with Crippen molar-refractivity contribution in [3.8, 4) is 0 Å². The molecule has 3 rings (SSSR count). The molecule has 0 amide bonds. The molecule has 2 heterocycles. The molecule has 3 nitrogen and oxygen atoms in total. The van der Waals surface area contributed by atoms with Gasteiger partial charge < -0.3 is 9.88 Å². The minimum Gasteiger partial charge on any atom is -0.347 e. The molecule has 1 aliphatic rings. The van der Waals surface area contributed by atoms with Crippen molar-refractivity contribution in [3.05, 3.63) is 39.1 Å². The number of hydrogen-bond acceptors (Lipinski definition) is 3. The fourth-order valence-electron chi connectivity index (χ4n) is 2.90. The number of aryl methyl sites for hydroxylation is 3. The molecule has 0 aliphatic heterocycles. The maximum atomic E-state index is 4.63. The number of thiazole rings is 1. The first-order valence-corrected chi connectivity index (χ1v) is 7.77. The van der Waals surface area contributed by atoms with Crippen LogP contribution in [0.15, 0.2) is 12.4 Å². The van der Waals surface area contributed by atoms with Crippen LogP contribution in [0.5, 0.6) is 0 Å². The number of aromatic nitrogens is 2. The zero-order valence-corrected chi connectivity index (χ0v) is 12.7. The van der Waals surface area contributed by atoms with Gasteiger partial charge >= 0.3 is 0 Å². The second kappa shape index (κ2) is 5.10. The summed E-state index contributed by atoms with van der Waals surface area (Å²) in [5.41, 5.74) is 4.17. The van der Waals surface area contributed by atoms with Crippen molar-refractivity contribution in [2.45, 2.75) is 45.7 Å². The molecule has 0 saturated heterocycles. The van der Waals surface area contributed by atoms with Crippen LogP contribution in [0.3, 0.4) is 0 Å². The van der Waals surface area contributed by atoms with E-state index in [-0.39, 0.29) is 0 Å². The maximum Gasteiger partial charge on any atom is 0.113 e. The average molecular weight is 275 g/mol. The lowest BCUT2D eigenvalue weighted by Crippen LogP contribution is -2.20. The zero-order valence-electron chi connectivity index (χ0n) is 11.9. The highest BCUT2D eigenvalue weighted by Crippen LogP contribution is 2.30. The number of nitrogens with zero attached hydrogens (tertiary/aromatic N) is 2. The Labute approximate surface area is 118 Å². The molecule has 0 saturated carbocycles. The van der Waals surface area contributed by atoms with Crippen LogP contribution in [-0.4, -0.2) is 16.6 Å². The van der Waals surface area contributed by atoms with Gasteiger partial charge in [-0.2, -0.15) is 0 Å². The summed E-state index contributed by atoms with van der Waals surface area (Å²) >= 11 is 1.81. The fraction of sp³-hybridized carbons (Fsp3) is 0.533. The van der Waals surface area contributed by atoms with E-state index in [2.05, 4.69) is 48.2 Å². The first kappa shape index (κ1) is 12.9. The van der Waals surface area contributed by atoms with E-state index < -0.39 is 0 Å². The van der Waals surface area contributed by atoms with Crippen LogP contribution in [-0.2, 0) is 13.0 Å². The molecule has 2 aromatic rings. The highest BCUT2D eigenvalue weighted by atomic mass is 32.1. The van der Waals surface area contributed by atoms with Crippen molar-refractivity contribution in [1.29, 1.82) is 0 Å². The van der Waals surface area contributed by atoms with E-state index in [1.54, 1.807) is 0 Å². The Kier molecular flexibility index (Phi) is 3.46. The molecule has 0 spiro atoms. The summed E-state index contributed by atoms with van der Waals surface area (Å²) in [5.74, 6) is 0. The first-order chi connectivity index (χ1) is 9.17. The number of fused-ring (bicyclic) bond motifs is 1. The molecule has 19 heavy (non-hydrogen) atoms. The lowest BCUT2D eigenvalue weighted by molar-refractivity contribution is 0.498. The smallest absolute Gasteiger partial charge is 0.113 e. The van der Waals surface area contributed by atoms with Crippen LogP contribution in [0.2, 0.25) is 0 Å². The van der Waals surface area contributed by atoms with Crippen molar-refractivity contribution in [2.24, 2.45) is 0 Å². The van der Waals surface area contributed by atoms with E-state index in [1.807, 2.05) is 11.3 Å². The monoisotopic (exact) mass is 275 g/mol. The number of rotatable bonds is 3. The van der Waals surface area contributed by atoms with Crippen LogP contribution < -0.4 is 5.32 Å². The molecular weight excluding hydrogens is 254 g/mol. The van der Waals surface area contributed by atoms with Gasteiger partial charge in [-0.3, -0.25) is 0 Å². The Balaban J connectivity index is 1.84. The molecule has 0 bridgehead atoms. The van der Waals surface area contributed by atoms with Crippen molar-refractivity contribution in [1.82, 2.24) is 14.9 Å². The highest BCUT2D eigenvalue weighted by molar-refractivity contribution is 7.11. The molecule has 0 fully saturated rings. The Morgan fingerprint density at radius 3 is 2.95 bits per heavy atom. The second-order valence-corrected chi connectivity index (χ2v) is 6.68. The minimum absolute atomic E-state index is 0.532. The van der Waals surface area contributed by atoms with E-state index in [1.165, 1.54) is 46.0 Å². The van der Waals surface area contributed by atoms with Gasteiger partial charge in [0.1, 0.15) is 5.01 Å². The summed E-state index contributed by atoms with van der Waals surface area (Å²) in [4.78, 5) is 5.97. The quantitative estimate of drug-likeness (QED) is 0.932. The SMILES string of the molecule is CNC1CCCc2cn(Cc3nc(C)c(C)s3)cc21. The van der Waals surface area contributed by atoms with E-state index in [4.69, 9.17) is 0 Å². The highest BCUT2D eigenvalue weighted by Gasteiger charge is 2.20. The molecule has 102 valence electrons. The van der Waals surface area contributed by atoms with Gasteiger partial charge in [0.05, 0.1) is 12.2 Å². The van der Waals surface area contributed by atoms with Crippen molar-refractivity contribution in [3.63, 3.8) is 0 Å². The van der Waals surface area contributed by atoms with Crippen molar-refractivity contribution < 1.29 is 0 Å². The fourth-order valence-corrected chi connectivity index (χ4v) is 3.85. The largest absolute Gasteiger partial charge is 0.347 e. The average Bonchev–Trinajstić information content (AvgIpc) is 2.92. The predicted octanol–water partition coefficient (Wildman–Crippen LogP) is 3.21. The normalized spacial score (nSPS) is 18.6. The van der Waals surface area contributed by atoms with Gasteiger partial charge in [-0.15, -0.1) is 11.3 Å². The third-order valence-electron chi connectivity index (χ3n) is 4.05. The van der Waals surface area contributed by atoms with Gasteiger partial charge in [0.25, 0.3) is 0 Å². The topological polar surface area (TPSA) is 29.9 Å². The predicted molar refractivity (Wildman–Crippen MR) is 79.9 cm³/mol. The van der Waals surface area contributed by atoms with E-state index in [0.717, 1.165) is 6.54 Å². The third kappa shape index (κ3) is 2.47. The molecule has 2 aromatic heterocycles. The lowest BCUT2D eigenvalue weighted by Gasteiger charge is -2.21. The Bertz CT molecular complexity index is 563. The van der Waals surface area contributed by atoms with Crippen LogP contribution in [0.1, 0.15) is 45.6 Å². The van der Waals surface area contributed by atoms with Gasteiger partial charge in [0.2, 0.25) is 0 Å². The van der Waals surface area contributed by atoms with E-state index >= 15 is 0 Å². The van der Waals surface area contributed by atoms with Crippen LogP contribution >= 0.6 is 11.3 Å². The molecule has 0 radical (unpaired) electrons. The minimum atomic E-state index is 0.532. The Morgan fingerprint density at radius 2 is 2.26 bits per heavy atom. The van der Waals surface area contributed by atoms with Crippen LogP contribution in [0.4, 0.5) is 0 Å². The summed E-state index contributed by atoms with van der Waals surface area (Å²) in [5, 5.41) is 4.64. The molecule has 4 heteroatoms. The molecule has 1 unspecified atom stereocenters. The standard InChI is InChI=1S/C15H21N3S/c1-10-11(2)19-15(17-10)9-18-7-12-5-4-6-14(16-3)13(12)8-18/h7-8,14,16H,4-6,9H2,1-3H3. The Hall–Kier alpha value is -1.13. The lowest BCUT2D eigenvalue weighted by atomic mass is 9.91. The van der Waals surface area contributed by atoms with Crippen LogP contribution in [0, 0.1) is 13.8 Å². The summed E-state index contributed by atoms with van der Waals surface area (Å²) in [6.07, 6.45) is 8.38. The third-order valence-corrected chi connectivity index (χ3v) is 5.11. The summed E-state index contributed by atoms with van der Waals surface area (Å²) in [7, 11) is 2.06. The number of hydrogen-bond donors (Lipinski definition) is 1. The summed E-state index contributed by atoms with van der Waals surface area (Å²) in [6.45, 7) is 5.14. The van der Waals surface area contributed by atoms with Crippen molar-refractivity contribution in [2.75, 3.05) is 7.05 Å². The zero-order chi connectivity index (χ0) is 13.4. The molecule has 0 aromatic carbocycles. The Morgan fingerprint density at radius 1 is 1.42 bits per heavy atom. The first-order valence-electron chi connectivity index (χ1n) is 6.96. The van der Waals surface area contributed by atoms with Gasteiger partial charge in [-0.1, -0.05) is 0 Å². The van der Waals surface area contributed by atoms with Gasteiger partial charge in [0.15, 0.2) is 0 Å². The summed E-state index contributed by atoms with van der Waals surface area (Å²) < 4.78 is 2.30. The second-order valence-electron chi connectivity index (χ2n) is 5.39. The van der Waals surface area contributed by atoms with Gasteiger partial charge in [-0.25, -0.2) is 4.98 Å². The maximum absolute atomic E-state index is 4.63. The molecule has 1 atom stereocenters. The van der Waals surface area contributed by atoms with Gasteiger partial charge in [-0.05, 0) is 51.3 Å².